The quantitative estimate of drug-likeness (QED) is 0.558. The lowest BCUT2D eigenvalue weighted by atomic mass is 10.1. The summed E-state index contributed by atoms with van der Waals surface area (Å²) < 4.78 is 26.0. The molecule has 0 unspecified atom stereocenters. The molecule has 6 nitrogen and oxygen atoms in total. The van der Waals surface area contributed by atoms with E-state index < -0.39 is 11.6 Å². The van der Waals surface area contributed by atoms with Crippen LogP contribution in [0.5, 0.6) is 17.2 Å². The minimum atomic E-state index is -0.817. The summed E-state index contributed by atoms with van der Waals surface area (Å²) in [6.07, 6.45) is 1.55. The summed E-state index contributed by atoms with van der Waals surface area (Å²) in [6, 6.07) is 10.1. The Kier molecular flexibility index (Phi) is 4.71. The van der Waals surface area contributed by atoms with Crippen molar-refractivity contribution in [3.63, 3.8) is 0 Å². The van der Waals surface area contributed by atoms with Crippen LogP contribution in [0.3, 0.4) is 0 Å². The molecule has 2 aromatic carbocycles. The topological polar surface area (TPSA) is 73.1 Å². The molecule has 8 heteroatoms. The molecule has 148 valence electrons. The number of hydrogen-bond acceptors (Lipinski definition) is 6. The highest BCUT2D eigenvalue weighted by Crippen LogP contribution is 2.30. The minimum absolute atomic E-state index is 0.00278. The summed E-state index contributed by atoms with van der Waals surface area (Å²) in [7, 11) is 2.94. The molecule has 2 heterocycles. The van der Waals surface area contributed by atoms with E-state index in [2.05, 4.69) is 4.98 Å². The van der Waals surface area contributed by atoms with Crippen LogP contribution in [-0.2, 0) is 0 Å². The van der Waals surface area contributed by atoms with Crippen molar-refractivity contribution in [2.75, 3.05) is 14.2 Å². The van der Waals surface area contributed by atoms with E-state index in [-0.39, 0.29) is 11.3 Å². The van der Waals surface area contributed by atoms with Crippen molar-refractivity contribution in [3.8, 4) is 28.5 Å². The predicted octanol–water partition coefficient (Wildman–Crippen LogP) is 3.14. The Morgan fingerprint density at radius 2 is 1.90 bits per heavy atom. The fourth-order valence-electron chi connectivity index (χ4n) is 3.13. The van der Waals surface area contributed by atoms with Gasteiger partial charge >= 0.3 is 0 Å². The average molecular weight is 412 g/mol. The van der Waals surface area contributed by atoms with Gasteiger partial charge in [-0.15, -0.1) is 0 Å². The highest BCUT2D eigenvalue weighted by molar-refractivity contribution is 7.15. The molecule has 4 aromatic rings. The fourth-order valence-corrected chi connectivity index (χ4v) is 4.15. The molecule has 0 spiro atoms. The highest BCUT2D eigenvalue weighted by Gasteiger charge is 2.16. The van der Waals surface area contributed by atoms with E-state index in [9.17, 15) is 14.3 Å². The van der Waals surface area contributed by atoms with E-state index in [0.29, 0.717) is 15.1 Å². The lowest BCUT2D eigenvalue weighted by molar-refractivity contribution is 0.357. The Labute approximate surface area is 169 Å². The Morgan fingerprint density at radius 1 is 1.17 bits per heavy atom. The number of imidazole rings is 1. The number of hydrogen-bond donors (Lipinski definition) is 1. The van der Waals surface area contributed by atoms with Crippen molar-refractivity contribution in [2.24, 2.45) is 0 Å². The Hall–Kier alpha value is -3.39. The number of ether oxygens (including phenoxy) is 2. The smallest absolute Gasteiger partial charge is 0.274 e. The number of halogens is 1. The third kappa shape index (κ3) is 3.21. The van der Waals surface area contributed by atoms with E-state index in [1.165, 1.54) is 24.5 Å². The van der Waals surface area contributed by atoms with Crippen LogP contribution in [-0.4, -0.2) is 28.7 Å². The Morgan fingerprint density at radius 3 is 2.52 bits per heavy atom. The first kappa shape index (κ1) is 18.9. The first-order valence-electron chi connectivity index (χ1n) is 8.67. The highest BCUT2D eigenvalue weighted by atomic mass is 32.1. The summed E-state index contributed by atoms with van der Waals surface area (Å²) in [5.41, 5.74) is 2.50. The molecule has 0 fully saturated rings. The van der Waals surface area contributed by atoms with Gasteiger partial charge in [-0.2, -0.15) is 0 Å². The van der Waals surface area contributed by atoms with Crippen LogP contribution in [0, 0.1) is 12.7 Å². The van der Waals surface area contributed by atoms with Gasteiger partial charge in [0.25, 0.3) is 5.56 Å². The number of phenolic OH excluding ortho intramolecular Hbond substituents is 1. The average Bonchev–Trinajstić information content (AvgIpc) is 3.21. The number of rotatable bonds is 4. The predicted molar refractivity (Wildman–Crippen MR) is 109 cm³/mol. The van der Waals surface area contributed by atoms with Crippen molar-refractivity contribution in [1.29, 1.82) is 0 Å². The van der Waals surface area contributed by atoms with Gasteiger partial charge < -0.3 is 14.6 Å². The number of thiazole rings is 1. The van der Waals surface area contributed by atoms with Crippen LogP contribution in [0.2, 0.25) is 0 Å². The molecule has 29 heavy (non-hydrogen) atoms. The number of aromatic hydroxyl groups is 1. The molecule has 4 rings (SSSR count). The number of phenols is 1. The maximum absolute atomic E-state index is 13.9. The van der Waals surface area contributed by atoms with Crippen molar-refractivity contribution < 1.29 is 19.0 Å². The van der Waals surface area contributed by atoms with Gasteiger partial charge in [0.1, 0.15) is 5.75 Å². The van der Waals surface area contributed by atoms with E-state index in [1.54, 1.807) is 17.6 Å². The van der Waals surface area contributed by atoms with E-state index >= 15 is 0 Å². The first-order chi connectivity index (χ1) is 13.9. The first-order valence-corrected chi connectivity index (χ1v) is 9.49. The molecule has 0 aliphatic carbocycles. The third-order valence-corrected chi connectivity index (χ3v) is 5.59. The maximum Gasteiger partial charge on any atom is 0.274 e. The molecule has 2 aromatic heterocycles. The van der Waals surface area contributed by atoms with Crippen LogP contribution in [0.1, 0.15) is 11.3 Å². The summed E-state index contributed by atoms with van der Waals surface area (Å²) in [6.45, 7) is 1.83. The van der Waals surface area contributed by atoms with Crippen LogP contribution in [0.4, 0.5) is 4.39 Å². The van der Waals surface area contributed by atoms with Crippen molar-refractivity contribution in [2.45, 2.75) is 6.92 Å². The molecule has 0 bridgehead atoms. The molecule has 0 aliphatic heterocycles. The summed E-state index contributed by atoms with van der Waals surface area (Å²) in [4.78, 5) is 18.1. The van der Waals surface area contributed by atoms with Crippen molar-refractivity contribution >= 4 is 22.4 Å². The number of aryl methyl sites for hydroxylation is 1. The lowest BCUT2D eigenvalue weighted by Gasteiger charge is -2.05. The Balaban J connectivity index is 1.83. The number of methoxy groups -OCH3 is 2. The number of aromatic nitrogens is 2. The number of nitrogens with zero attached hydrogens (tertiary/aromatic N) is 2. The van der Waals surface area contributed by atoms with Gasteiger partial charge in [-0.05, 0) is 55.0 Å². The van der Waals surface area contributed by atoms with Gasteiger partial charge in [0.2, 0.25) is 0 Å². The fraction of sp³-hybridized carbons (Fsp3) is 0.143. The van der Waals surface area contributed by atoms with Gasteiger partial charge in [-0.25, -0.2) is 9.37 Å². The Bertz CT molecular complexity index is 1330. The minimum Gasteiger partial charge on any atom is -0.502 e. The molecule has 1 N–H and O–H groups in total. The van der Waals surface area contributed by atoms with Crippen LogP contribution >= 0.6 is 11.3 Å². The zero-order valence-corrected chi connectivity index (χ0v) is 16.7. The van der Waals surface area contributed by atoms with Gasteiger partial charge in [0, 0.05) is 5.56 Å². The molecule has 0 amide bonds. The van der Waals surface area contributed by atoms with Gasteiger partial charge in [-0.1, -0.05) is 11.3 Å². The second-order valence-corrected chi connectivity index (χ2v) is 7.37. The normalized spacial score (nSPS) is 11.9. The van der Waals surface area contributed by atoms with E-state index in [4.69, 9.17) is 9.47 Å². The van der Waals surface area contributed by atoms with Gasteiger partial charge in [0.05, 0.1) is 30.1 Å². The maximum atomic E-state index is 13.9. The summed E-state index contributed by atoms with van der Waals surface area (Å²) in [5, 5.41) is 9.64. The molecule has 0 saturated carbocycles. The third-order valence-electron chi connectivity index (χ3n) is 4.62. The van der Waals surface area contributed by atoms with Crippen LogP contribution in [0.25, 0.3) is 22.3 Å². The zero-order chi connectivity index (χ0) is 20.7. The zero-order valence-electron chi connectivity index (χ0n) is 15.9. The standard InChI is InChI=1S/C21H17FN2O4S/c1-11-18(13-4-6-14(27-2)7-5-13)23-21-24(11)20(26)17(29-21)10-12-8-15(22)19(25)16(9-12)28-3/h4-10,25H,1-3H3/b17-10-. The SMILES string of the molecule is COc1ccc(-c2nc3s/c(=C\c4cc(F)c(O)c(OC)c4)c(=O)n3c2C)cc1. The summed E-state index contributed by atoms with van der Waals surface area (Å²) in [5.74, 6) is -0.635. The summed E-state index contributed by atoms with van der Waals surface area (Å²) >= 11 is 1.21. The van der Waals surface area contributed by atoms with Gasteiger partial charge in [0.15, 0.2) is 22.3 Å². The van der Waals surface area contributed by atoms with Crippen molar-refractivity contribution in [3.05, 3.63) is 68.4 Å². The molecule has 0 aliphatic rings. The largest absolute Gasteiger partial charge is 0.502 e. The number of benzene rings is 2. The molecule has 0 atom stereocenters. The molecule has 0 saturated heterocycles. The molecular weight excluding hydrogens is 395 g/mol. The van der Waals surface area contributed by atoms with Gasteiger partial charge in [-0.3, -0.25) is 9.20 Å². The van der Waals surface area contributed by atoms with E-state index in [0.717, 1.165) is 28.8 Å². The molecular formula is C21H17FN2O4S. The number of fused-ring (bicyclic) bond motifs is 1. The second-order valence-electron chi connectivity index (χ2n) is 6.36. The lowest BCUT2D eigenvalue weighted by Crippen LogP contribution is -2.23. The van der Waals surface area contributed by atoms with Crippen molar-refractivity contribution in [1.82, 2.24) is 9.38 Å². The second kappa shape index (κ2) is 7.21. The van der Waals surface area contributed by atoms with E-state index in [1.807, 2.05) is 31.2 Å². The van der Waals surface area contributed by atoms with Crippen LogP contribution < -0.4 is 19.6 Å². The molecule has 0 radical (unpaired) electrons. The van der Waals surface area contributed by atoms with Crippen LogP contribution in [0.15, 0.2) is 41.2 Å². The monoisotopic (exact) mass is 412 g/mol.